The number of carbonyl (C=O) groups is 3. The Hall–Kier alpha value is -2.23. The summed E-state index contributed by atoms with van der Waals surface area (Å²) in [6, 6.07) is 0. The number of hydrogen-bond acceptors (Lipinski definition) is 8. The van der Waals surface area contributed by atoms with Crippen molar-refractivity contribution in [2.45, 2.75) is 274 Å². The number of carboxylic acid groups (broad SMARTS) is 1. The Kier molecular flexibility index (Phi) is 47.1. The number of Topliss-reactive ketones (excluding diaryl/α,β-unsaturated/α-hetero) is 1. The molecule has 8 saturated carbocycles. The zero-order chi connectivity index (χ0) is 57.8. The van der Waals surface area contributed by atoms with Crippen LogP contribution in [0.5, 0.6) is 0 Å². The van der Waals surface area contributed by atoms with Gasteiger partial charge in [-0.3, -0.25) is 9.59 Å². The molecule has 0 saturated heterocycles. The third-order valence-electron chi connectivity index (χ3n) is 18.0. The second-order valence-electron chi connectivity index (χ2n) is 26.3. The summed E-state index contributed by atoms with van der Waals surface area (Å²) < 4.78 is 9.27. The van der Waals surface area contributed by atoms with E-state index < -0.39 is 5.97 Å². The molecule has 8 aliphatic rings. The van der Waals surface area contributed by atoms with Gasteiger partial charge in [0, 0.05) is 38.6 Å². The fourth-order valence-electron chi connectivity index (χ4n) is 13.2. The third-order valence-corrected chi connectivity index (χ3v) is 18.0. The standard InChI is InChI=1S/C9H16O.C9H18.C8H14O2.3C8H16O.C8H14O.C7H12O.C3H6O/c1-8-4-3-5-9(6-8)7-10-2;1-3-9-6-4-5-8(2)7-9;1-6-3-2-4-7(5-6)8(9)10;4*1-7-3-2-4-8(5-7)6-9;1-6-3-2-4-7(8)5-6;1-3-4-2/h7-8H,3-6H2,1-2H3;8-9H,3-7H2,1-2H3;6-7H,2-5H2,1H3,(H,9,10);3*7-9H,2-6H2,1H3;6-8H,2-5H2,1H3;6H,2-5H2,1H3;3H,1H2,2H3/t;8-,9+;6-,7?;7-,8?;2*7-,8+;;6-;/m.11110.1./s1. The number of ether oxygens (including phenoxy) is 2. The average Bonchev–Trinajstić information content (AvgIpc) is 3.42. The van der Waals surface area contributed by atoms with E-state index in [1.54, 1.807) is 14.2 Å². The van der Waals surface area contributed by atoms with Gasteiger partial charge in [-0.1, -0.05) is 165 Å². The monoisotopic (exact) mass is 1090 g/mol. The Morgan fingerprint density at radius 3 is 1.12 bits per heavy atom. The highest BCUT2D eigenvalue weighted by atomic mass is 16.5. The van der Waals surface area contributed by atoms with Gasteiger partial charge in [0.2, 0.25) is 0 Å². The molecule has 0 radical (unpaired) electrons. The van der Waals surface area contributed by atoms with E-state index in [2.05, 4.69) is 73.6 Å². The molecule has 5 unspecified atom stereocenters. The van der Waals surface area contributed by atoms with Crippen LogP contribution >= 0.6 is 0 Å². The summed E-state index contributed by atoms with van der Waals surface area (Å²) in [5.74, 6) is 9.64. The molecule has 8 aliphatic carbocycles. The highest BCUT2D eigenvalue weighted by Gasteiger charge is 2.25. The van der Waals surface area contributed by atoms with Crippen molar-refractivity contribution in [2.75, 3.05) is 34.0 Å². The summed E-state index contributed by atoms with van der Waals surface area (Å²) in [6.45, 7) is 24.9. The van der Waals surface area contributed by atoms with Crippen LogP contribution in [0.4, 0.5) is 0 Å². The molecule has 0 spiro atoms. The number of carboxylic acids is 1. The number of ketones is 1. The van der Waals surface area contributed by atoms with Gasteiger partial charge < -0.3 is 34.7 Å². The van der Waals surface area contributed by atoms with E-state index in [0.717, 1.165) is 99.1 Å². The van der Waals surface area contributed by atoms with Gasteiger partial charge in [-0.05, 0) is 179 Å². The molecule has 0 aromatic heterocycles. The van der Waals surface area contributed by atoms with Gasteiger partial charge in [0.15, 0.2) is 0 Å². The molecule has 4 N–H and O–H groups in total. The molecule has 0 aliphatic heterocycles. The molecule has 0 amide bonds. The molecule has 0 heterocycles. The highest BCUT2D eigenvalue weighted by molar-refractivity contribution is 5.79. The lowest BCUT2D eigenvalue weighted by atomic mass is 9.81. The lowest BCUT2D eigenvalue weighted by Gasteiger charge is -2.25. The topological polar surface area (TPSA) is 151 Å². The van der Waals surface area contributed by atoms with E-state index in [4.69, 9.17) is 25.2 Å². The van der Waals surface area contributed by atoms with Crippen molar-refractivity contribution in [2.24, 2.45) is 82.9 Å². The van der Waals surface area contributed by atoms with Crippen LogP contribution in [-0.4, -0.2) is 72.5 Å². The second kappa shape index (κ2) is 48.5. The fourth-order valence-corrected chi connectivity index (χ4v) is 13.2. The van der Waals surface area contributed by atoms with Crippen molar-refractivity contribution in [1.82, 2.24) is 0 Å². The maximum atomic E-state index is 10.7. The Bertz CT molecular complexity index is 1360. The molecule has 9 nitrogen and oxygen atoms in total. The van der Waals surface area contributed by atoms with E-state index in [0.29, 0.717) is 61.1 Å². The van der Waals surface area contributed by atoms with Crippen molar-refractivity contribution >= 4 is 18.0 Å². The summed E-state index contributed by atoms with van der Waals surface area (Å²) in [5, 5.41) is 35.1. The summed E-state index contributed by atoms with van der Waals surface area (Å²) in [4.78, 5) is 31.5. The van der Waals surface area contributed by atoms with Gasteiger partial charge in [-0.15, -0.1) is 0 Å². The smallest absolute Gasteiger partial charge is 0.306 e. The van der Waals surface area contributed by atoms with Crippen molar-refractivity contribution in [3.63, 3.8) is 0 Å². The van der Waals surface area contributed by atoms with Crippen LogP contribution in [-0.2, 0) is 23.9 Å². The fraction of sp³-hybridized carbons (Fsp3) is 0.897. The first-order valence-electron chi connectivity index (χ1n) is 32.2. The molecule has 14 atom stereocenters. The van der Waals surface area contributed by atoms with Gasteiger partial charge in [0.25, 0.3) is 0 Å². The Labute approximate surface area is 476 Å². The van der Waals surface area contributed by atoms with Crippen molar-refractivity contribution in [3.05, 3.63) is 24.7 Å². The van der Waals surface area contributed by atoms with Crippen LogP contribution in [0, 0.1) is 82.9 Å². The number of aliphatic hydroxyl groups is 3. The van der Waals surface area contributed by atoms with Crippen LogP contribution in [0.15, 0.2) is 24.7 Å². The minimum atomic E-state index is -0.605. The lowest BCUT2D eigenvalue weighted by molar-refractivity contribution is -0.143. The summed E-state index contributed by atoms with van der Waals surface area (Å²) in [6.07, 6.45) is 45.6. The zero-order valence-electron chi connectivity index (χ0n) is 52.3. The number of rotatable bonds is 8. The van der Waals surface area contributed by atoms with Gasteiger partial charge in [0.1, 0.15) is 12.1 Å². The molecule has 77 heavy (non-hydrogen) atoms. The Morgan fingerprint density at radius 1 is 0.494 bits per heavy atom. The lowest BCUT2D eigenvalue weighted by Crippen LogP contribution is -2.20. The minimum Gasteiger partial charge on any atom is -0.505 e. The Balaban J connectivity index is 0.000000849. The molecule has 0 aromatic rings. The van der Waals surface area contributed by atoms with Gasteiger partial charge in [-0.25, -0.2) is 0 Å². The van der Waals surface area contributed by atoms with Crippen LogP contribution < -0.4 is 0 Å². The number of allylic oxidation sites excluding steroid dienone is 1. The molecular formula is C68H128O9. The van der Waals surface area contributed by atoms with E-state index in [1.165, 1.54) is 172 Å². The first-order chi connectivity index (χ1) is 36.9. The number of methoxy groups -OCH3 is 2. The normalized spacial score (nSPS) is 33.2. The summed E-state index contributed by atoms with van der Waals surface area (Å²) in [5.41, 5.74) is 1.49. The SMILES string of the molecule is C=COC.CC1CCCC(C=O)C1.CC[C@H]1CCC[C@@H](C)C1.COC=C1CCCC(C)C1.C[C@@H]1CCCC(=O)C1.C[C@@H]1CCCC(C(=O)O)C1.C[C@@H]1CCCC(CO)C1.C[C@@H]1CCC[C@H](CO)C1.C[C@H]1CCC[C@@H](CO)C1. The molecule has 9 heteroatoms. The maximum Gasteiger partial charge on any atom is 0.306 e. The maximum absolute atomic E-state index is 10.7. The quantitative estimate of drug-likeness (QED) is 0.138. The molecule has 8 fully saturated rings. The van der Waals surface area contributed by atoms with Crippen LogP contribution in [0.3, 0.4) is 0 Å². The van der Waals surface area contributed by atoms with Crippen molar-refractivity contribution in [1.29, 1.82) is 0 Å². The first-order valence-corrected chi connectivity index (χ1v) is 32.2. The summed E-state index contributed by atoms with van der Waals surface area (Å²) >= 11 is 0. The third kappa shape index (κ3) is 41.4. The van der Waals surface area contributed by atoms with Gasteiger partial charge in [0.05, 0.1) is 32.7 Å². The van der Waals surface area contributed by atoms with Crippen molar-refractivity contribution < 1.29 is 44.3 Å². The zero-order valence-corrected chi connectivity index (χ0v) is 52.3. The average molecular weight is 1090 g/mol. The molecule has 0 aromatic carbocycles. The molecule has 454 valence electrons. The van der Waals surface area contributed by atoms with Gasteiger partial charge >= 0.3 is 5.97 Å². The van der Waals surface area contributed by atoms with Gasteiger partial charge in [-0.2, -0.15) is 0 Å². The Morgan fingerprint density at radius 2 is 0.857 bits per heavy atom. The number of aliphatic carboxylic acids is 1. The number of carbonyl (C=O) groups excluding carboxylic acids is 2. The van der Waals surface area contributed by atoms with E-state index in [1.807, 2.05) is 6.26 Å². The first kappa shape index (κ1) is 74.8. The van der Waals surface area contributed by atoms with Crippen LogP contribution in [0.2, 0.25) is 0 Å². The minimum absolute atomic E-state index is 0.0521. The van der Waals surface area contributed by atoms with E-state index in [-0.39, 0.29) is 5.92 Å². The molecule has 8 rings (SSSR count). The van der Waals surface area contributed by atoms with E-state index >= 15 is 0 Å². The number of aldehydes is 1. The van der Waals surface area contributed by atoms with Crippen LogP contribution in [0.25, 0.3) is 0 Å². The van der Waals surface area contributed by atoms with E-state index in [9.17, 15) is 14.4 Å². The highest BCUT2D eigenvalue weighted by Crippen LogP contribution is 2.33. The number of hydrogen-bond donors (Lipinski definition) is 4. The predicted octanol–water partition coefficient (Wildman–Crippen LogP) is 17.8. The largest absolute Gasteiger partial charge is 0.505 e. The number of aliphatic hydroxyl groups excluding tert-OH is 3. The second-order valence-corrected chi connectivity index (χ2v) is 26.3. The van der Waals surface area contributed by atoms with Crippen molar-refractivity contribution in [3.8, 4) is 0 Å². The molecule has 0 bridgehead atoms. The molecular weight excluding hydrogens is 961 g/mol. The summed E-state index contributed by atoms with van der Waals surface area (Å²) in [7, 11) is 3.29. The van der Waals surface area contributed by atoms with Crippen LogP contribution in [0.1, 0.15) is 274 Å². The predicted molar refractivity (Wildman–Crippen MR) is 325 cm³/mol.